The molecule has 1 heterocycles. The number of ether oxygens (including phenoxy) is 2. The normalized spacial score (nSPS) is 13.5. The smallest absolute Gasteiger partial charge is 0.410 e. The number of aromatic nitrogens is 1. The minimum Gasteiger partial charge on any atom is -0.458 e. The number of hydrogen-bond donors (Lipinski definition) is 0. The molecule has 0 saturated carbocycles. The monoisotopic (exact) mass is 472 g/mol. The molecule has 0 fully saturated rings. The fraction of sp³-hybridized carbons (Fsp3) is 0.345. The highest BCUT2D eigenvalue weighted by Gasteiger charge is 2.34. The highest BCUT2D eigenvalue weighted by Crippen LogP contribution is 2.44. The van der Waals surface area contributed by atoms with Gasteiger partial charge in [0.15, 0.2) is 0 Å². The standard InChI is InChI=1S/C29H32N2O4/c1-29(2,3)35-27(32)26(16-15-20-10-9-17-30-18-20)31(4)28(33)34-19-25-23-13-7-5-11-21(23)22-12-6-8-14-24(22)25/h5-14,17-18,25-26H,15-16,19H2,1-4H3. The summed E-state index contributed by atoms with van der Waals surface area (Å²) < 4.78 is 11.4. The number of esters is 1. The van der Waals surface area contributed by atoms with Crippen LogP contribution in [0.4, 0.5) is 4.79 Å². The van der Waals surface area contributed by atoms with Crippen LogP contribution in [0.1, 0.15) is 49.8 Å². The Balaban J connectivity index is 1.47. The minimum atomic E-state index is -0.773. The number of hydrogen-bond acceptors (Lipinski definition) is 5. The van der Waals surface area contributed by atoms with Crippen LogP contribution in [0.3, 0.4) is 0 Å². The molecule has 182 valence electrons. The van der Waals surface area contributed by atoms with Crippen LogP contribution in [0.5, 0.6) is 0 Å². The second kappa shape index (κ2) is 10.3. The van der Waals surface area contributed by atoms with E-state index in [0.717, 1.165) is 16.7 Å². The van der Waals surface area contributed by atoms with Gasteiger partial charge < -0.3 is 9.47 Å². The molecule has 35 heavy (non-hydrogen) atoms. The van der Waals surface area contributed by atoms with Crippen LogP contribution >= 0.6 is 0 Å². The molecule has 6 nitrogen and oxygen atoms in total. The number of benzene rings is 2. The number of carbonyl (C=O) groups excluding carboxylic acids is 2. The molecule has 0 aliphatic heterocycles. The molecule has 0 N–H and O–H groups in total. The Hall–Kier alpha value is -3.67. The second-order valence-corrected chi connectivity index (χ2v) is 9.86. The lowest BCUT2D eigenvalue weighted by Crippen LogP contribution is -2.46. The Morgan fingerprint density at radius 1 is 0.971 bits per heavy atom. The Kier molecular flexibility index (Phi) is 7.20. The van der Waals surface area contributed by atoms with Crippen molar-refractivity contribution in [2.75, 3.05) is 13.7 Å². The first-order valence-electron chi connectivity index (χ1n) is 11.9. The molecule has 2 aromatic carbocycles. The molecular formula is C29H32N2O4. The van der Waals surface area contributed by atoms with Gasteiger partial charge in [-0.2, -0.15) is 0 Å². The molecule has 0 bridgehead atoms. The molecule has 0 radical (unpaired) electrons. The Labute approximate surface area is 206 Å². The Morgan fingerprint density at radius 3 is 2.17 bits per heavy atom. The van der Waals surface area contributed by atoms with Gasteiger partial charge in [-0.15, -0.1) is 0 Å². The Morgan fingerprint density at radius 2 is 1.60 bits per heavy atom. The van der Waals surface area contributed by atoms with Crippen molar-refractivity contribution in [3.05, 3.63) is 89.7 Å². The van der Waals surface area contributed by atoms with Crippen LogP contribution in [-0.4, -0.2) is 47.2 Å². The van der Waals surface area contributed by atoms with E-state index in [9.17, 15) is 9.59 Å². The SMILES string of the molecule is CN(C(=O)OCC1c2ccccc2-c2ccccc21)C(CCc1cccnc1)C(=O)OC(C)(C)C. The maximum atomic E-state index is 13.1. The molecule has 1 aliphatic rings. The fourth-order valence-electron chi connectivity index (χ4n) is 4.51. The maximum absolute atomic E-state index is 13.1. The van der Waals surface area contributed by atoms with Crippen LogP contribution in [0, 0.1) is 0 Å². The minimum absolute atomic E-state index is 0.0462. The van der Waals surface area contributed by atoms with Gasteiger partial charge in [0.2, 0.25) is 0 Å². The molecular weight excluding hydrogens is 440 g/mol. The average Bonchev–Trinajstić information content (AvgIpc) is 3.16. The number of fused-ring (bicyclic) bond motifs is 3. The van der Waals surface area contributed by atoms with Crippen LogP contribution in [0.2, 0.25) is 0 Å². The first kappa shape index (κ1) is 24.5. The van der Waals surface area contributed by atoms with Gasteiger partial charge in [-0.25, -0.2) is 9.59 Å². The van der Waals surface area contributed by atoms with E-state index in [-0.39, 0.29) is 12.5 Å². The average molecular weight is 473 g/mol. The predicted octanol–water partition coefficient (Wildman–Crippen LogP) is 5.61. The van der Waals surface area contributed by atoms with Gasteiger partial charge in [0.05, 0.1) is 0 Å². The first-order valence-corrected chi connectivity index (χ1v) is 11.9. The van der Waals surface area contributed by atoms with Gasteiger partial charge in [0.25, 0.3) is 0 Å². The zero-order valence-corrected chi connectivity index (χ0v) is 20.7. The summed E-state index contributed by atoms with van der Waals surface area (Å²) in [6.07, 6.45) is 3.91. The highest BCUT2D eigenvalue weighted by atomic mass is 16.6. The lowest BCUT2D eigenvalue weighted by atomic mass is 9.98. The van der Waals surface area contributed by atoms with E-state index in [1.807, 2.05) is 57.2 Å². The zero-order chi connectivity index (χ0) is 25.0. The number of aryl methyl sites for hydroxylation is 1. The summed E-state index contributed by atoms with van der Waals surface area (Å²) in [5, 5.41) is 0. The predicted molar refractivity (Wildman–Crippen MR) is 135 cm³/mol. The van der Waals surface area contributed by atoms with Gasteiger partial charge >= 0.3 is 12.1 Å². The quantitative estimate of drug-likeness (QED) is 0.418. The number of likely N-dealkylation sites (N-methyl/N-ethyl adjacent to an activating group) is 1. The van der Waals surface area contributed by atoms with E-state index in [2.05, 4.69) is 29.2 Å². The summed E-state index contributed by atoms with van der Waals surface area (Å²) in [4.78, 5) is 31.7. The molecule has 0 spiro atoms. The van der Waals surface area contributed by atoms with Gasteiger partial charge in [0, 0.05) is 25.4 Å². The summed E-state index contributed by atoms with van der Waals surface area (Å²) in [6, 6.07) is 19.4. The number of carbonyl (C=O) groups is 2. The van der Waals surface area contributed by atoms with Crippen molar-refractivity contribution in [2.45, 2.75) is 51.2 Å². The van der Waals surface area contributed by atoms with Crippen molar-refractivity contribution in [3.63, 3.8) is 0 Å². The van der Waals surface area contributed by atoms with Gasteiger partial charge in [-0.3, -0.25) is 9.88 Å². The lowest BCUT2D eigenvalue weighted by molar-refractivity contribution is -0.160. The molecule has 1 aromatic heterocycles. The van der Waals surface area contributed by atoms with Gasteiger partial charge in [-0.05, 0) is 67.5 Å². The topological polar surface area (TPSA) is 68.7 Å². The van der Waals surface area contributed by atoms with Crippen LogP contribution in [0.25, 0.3) is 11.1 Å². The largest absolute Gasteiger partial charge is 0.458 e. The third kappa shape index (κ3) is 5.70. The molecule has 1 amide bonds. The molecule has 4 rings (SSSR count). The third-order valence-electron chi connectivity index (χ3n) is 6.20. The zero-order valence-electron chi connectivity index (χ0n) is 20.7. The highest BCUT2D eigenvalue weighted by molar-refractivity contribution is 5.82. The van der Waals surface area contributed by atoms with Gasteiger partial charge in [-0.1, -0.05) is 54.6 Å². The summed E-state index contributed by atoms with van der Waals surface area (Å²) in [5.74, 6) is -0.493. The molecule has 6 heteroatoms. The van der Waals surface area contributed by atoms with Gasteiger partial charge in [0.1, 0.15) is 18.2 Å². The molecule has 0 saturated heterocycles. The molecule has 1 aliphatic carbocycles. The van der Waals surface area contributed by atoms with E-state index in [1.165, 1.54) is 16.0 Å². The Bertz CT molecular complexity index is 1140. The van der Waals surface area contributed by atoms with Crippen molar-refractivity contribution in [2.24, 2.45) is 0 Å². The van der Waals surface area contributed by atoms with E-state index < -0.39 is 23.7 Å². The van der Waals surface area contributed by atoms with Crippen LogP contribution < -0.4 is 0 Å². The molecule has 1 unspecified atom stereocenters. The lowest BCUT2D eigenvalue weighted by Gasteiger charge is -2.30. The maximum Gasteiger partial charge on any atom is 0.410 e. The number of amides is 1. The van der Waals surface area contributed by atoms with Crippen molar-refractivity contribution in [1.82, 2.24) is 9.88 Å². The summed E-state index contributed by atoms with van der Waals surface area (Å²) >= 11 is 0. The summed E-state index contributed by atoms with van der Waals surface area (Å²) in [6.45, 7) is 5.64. The summed E-state index contributed by atoms with van der Waals surface area (Å²) in [7, 11) is 1.59. The molecule has 1 atom stereocenters. The second-order valence-electron chi connectivity index (χ2n) is 9.86. The van der Waals surface area contributed by atoms with E-state index in [0.29, 0.717) is 12.8 Å². The number of rotatable bonds is 7. The fourth-order valence-corrected chi connectivity index (χ4v) is 4.51. The molecule has 3 aromatic rings. The number of nitrogens with zero attached hydrogens (tertiary/aromatic N) is 2. The number of pyridine rings is 1. The van der Waals surface area contributed by atoms with Crippen molar-refractivity contribution in [1.29, 1.82) is 0 Å². The van der Waals surface area contributed by atoms with E-state index in [1.54, 1.807) is 19.4 Å². The first-order chi connectivity index (χ1) is 16.7. The summed E-state index contributed by atoms with van der Waals surface area (Å²) in [5.41, 5.74) is 4.95. The third-order valence-corrected chi connectivity index (χ3v) is 6.20. The van der Waals surface area contributed by atoms with E-state index in [4.69, 9.17) is 9.47 Å². The van der Waals surface area contributed by atoms with Crippen molar-refractivity contribution >= 4 is 12.1 Å². The van der Waals surface area contributed by atoms with Crippen LogP contribution in [-0.2, 0) is 20.7 Å². The van der Waals surface area contributed by atoms with Crippen LogP contribution in [0.15, 0.2) is 73.1 Å². The van der Waals surface area contributed by atoms with Crippen molar-refractivity contribution < 1.29 is 19.1 Å². The van der Waals surface area contributed by atoms with Crippen molar-refractivity contribution in [3.8, 4) is 11.1 Å². The van der Waals surface area contributed by atoms with E-state index >= 15 is 0 Å².